The van der Waals surface area contributed by atoms with Crippen molar-refractivity contribution in [3.63, 3.8) is 0 Å². The summed E-state index contributed by atoms with van der Waals surface area (Å²) in [4.78, 5) is 10.3. The Kier molecular flexibility index (Phi) is 3.74. The normalized spacial score (nSPS) is 18.9. The van der Waals surface area contributed by atoms with Gasteiger partial charge in [-0.3, -0.25) is 10.1 Å². The van der Waals surface area contributed by atoms with Crippen LogP contribution in [0.3, 0.4) is 0 Å². The predicted molar refractivity (Wildman–Crippen MR) is 79.2 cm³/mol. The molecule has 122 valence electrons. The van der Waals surface area contributed by atoms with Gasteiger partial charge in [0, 0.05) is 6.07 Å². The summed E-state index contributed by atoms with van der Waals surface area (Å²) in [5.41, 5.74) is -1.47. The summed E-state index contributed by atoms with van der Waals surface area (Å²) in [7, 11) is -3.99. The van der Waals surface area contributed by atoms with Crippen LogP contribution in [0.2, 0.25) is 0 Å². The molecule has 0 saturated heterocycles. The zero-order chi connectivity index (χ0) is 16.7. The summed E-state index contributed by atoms with van der Waals surface area (Å²) >= 11 is 0. The molecule has 0 spiro atoms. The number of nitrogens with zero attached hydrogens (tertiary/aromatic N) is 2. The van der Waals surface area contributed by atoms with E-state index >= 15 is 0 Å². The molecule has 0 unspecified atom stereocenters. The Morgan fingerprint density at radius 1 is 1.43 bits per heavy atom. The first kappa shape index (κ1) is 15.7. The van der Waals surface area contributed by atoms with Crippen LogP contribution in [-0.2, 0) is 10.0 Å². The van der Waals surface area contributed by atoms with Gasteiger partial charge in [0.05, 0.1) is 22.5 Å². The van der Waals surface area contributed by atoms with Crippen LogP contribution in [0, 0.1) is 27.4 Å². The Labute approximate surface area is 133 Å². The van der Waals surface area contributed by atoms with E-state index in [2.05, 4.69) is 4.72 Å². The summed E-state index contributed by atoms with van der Waals surface area (Å²) in [6, 6.07) is 5.44. The highest BCUT2D eigenvalue weighted by Gasteiger charge is 2.47. The molecule has 0 aromatic heterocycles. The van der Waals surface area contributed by atoms with Crippen molar-refractivity contribution in [3.05, 3.63) is 28.3 Å². The molecule has 2 aliphatic rings. The van der Waals surface area contributed by atoms with Crippen LogP contribution in [0.15, 0.2) is 23.1 Å². The summed E-state index contributed by atoms with van der Waals surface area (Å²) in [5.74, 6) is 0.479. The second kappa shape index (κ2) is 5.47. The summed E-state index contributed by atoms with van der Waals surface area (Å²) in [5, 5.41) is 20.1. The lowest BCUT2D eigenvalue weighted by atomic mass is 10.3. The Bertz CT molecular complexity index is 791. The number of rotatable bonds is 7. The zero-order valence-electron chi connectivity index (χ0n) is 12.2. The van der Waals surface area contributed by atoms with E-state index in [1.54, 1.807) is 0 Å². The van der Waals surface area contributed by atoms with E-state index in [0.29, 0.717) is 25.4 Å². The Hall–Kier alpha value is -2.18. The largest absolute Gasteiger partial charge is 0.487 e. The van der Waals surface area contributed by atoms with Gasteiger partial charge in [-0.2, -0.15) is 9.98 Å². The highest BCUT2D eigenvalue weighted by molar-refractivity contribution is 7.89. The molecule has 3 rings (SSSR count). The maximum atomic E-state index is 12.3. The summed E-state index contributed by atoms with van der Waals surface area (Å²) in [6.45, 7) is 0.392. The third-order valence-corrected chi connectivity index (χ3v) is 5.44. The second-order valence-corrected chi connectivity index (χ2v) is 7.62. The number of sulfonamides is 1. The monoisotopic (exact) mass is 337 g/mol. The SMILES string of the molecule is N#CC1(NS(=O)(=O)c2ccc(OCC3CC3)c([N+](=O)[O-])c2)CC1. The van der Waals surface area contributed by atoms with Gasteiger partial charge in [-0.15, -0.1) is 0 Å². The van der Waals surface area contributed by atoms with Gasteiger partial charge in [-0.1, -0.05) is 0 Å². The molecule has 0 amide bonds. The number of nitrogens with one attached hydrogen (secondary N) is 1. The van der Waals surface area contributed by atoms with Crippen molar-refractivity contribution < 1.29 is 18.1 Å². The van der Waals surface area contributed by atoms with Crippen molar-refractivity contribution in [2.75, 3.05) is 6.61 Å². The molecule has 0 atom stereocenters. The molecule has 2 aliphatic carbocycles. The summed E-state index contributed by atoms with van der Waals surface area (Å²) in [6.07, 6.45) is 2.96. The number of ether oxygens (including phenoxy) is 1. The van der Waals surface area contributed by atoms with Crippen LogP contribution < -0.4 is 9.46 Å². The van der Waals surface area contributed by atoms with Crippen molar-refractivity contribution in [1.29, 1.82) is 5.26 Å². The molecule has 23 heavy (non-hydrogen) atoms. The lowest BCUT2D eigenvalue weighted by Gasteiger charge is -2.11. The minimum Gasteiger partial charge on any atom is -0.487 e. The van der Waals surface area contributed by atoms with E-state index in [9.17, 15) is 18.5 Å². The number of hydrogen-bond acceptors (Lipinski definition) is 6. The molecule has 1 aromatic rings. The Morgan fingerprint density at radius 3 is 2.65 bits per heavy atom. The van der Waals surface area contributed by atoms with Gasteiger partial charge in [0.15, 0.2) is 5.75 Å². The molecule has 0 radical (unpaired) electrons. The molecule has 9 heteroatoms. The number of hydrogen-bond donors (Lipinski definition) is 1. The highest BCUT2D eigenvalue weighted by atomic mass is 32.2. The standard InChI is InChI=1S/C14H15N3O5S/c15-9-14(5-6-14)16-23(20,21)11-3-4-13(12(7-11)17(18)19)22-8-10-1-2-10/h3-4,7,10,16H,1-2,5-6,8H2. The van der Waals surface area contributed by atoms with Gasteiger partial charge in [0.2, 0.25) is 10.0 Å². The van der Waals surface area contributed by atoms with Gasteiger partial charge in [-0.25, -0.2) is 8.42 Å². The fourth-order valence-corrected chi connectivity index (χ4v) is 3.50. The van der Waals surface area contributed by atoms with Crippen LogP contribution >= 0.6 is 0 Å². The van der Waals surface area contributed by atoms with E-state index in [-0.39, 0.29) is 10.6 Å². The Balaban J connectivity index is 1.86. The van der Waals surface area contributed by atoms with Crippen LogP contribution in [-0.4, -0.2) is 25.5 Å². The van der Waals surface area contributed by atoms with Gasteiger partial charge >= 0.3 is 5.69 Å². The molecule has 0 heterocycles. The van der Waals surface area contributed by atoms with Crippen LogP contribution in [0.1, 0.15) is 25.7 Å². The number of nitriles is 1. The third kappa shape index (κ3) is 3.43. The average molecular weight is 337 g/mol. The number of nitro groups is 1. The average Bonchev–Trinajstić information content (AvgIpc) is 3.41. The second-order valence-electron chi connectivity index (χ2n) is 5.94. The molecule has 0 aliphatic heterocycles. The number of nitro benzene ring substituents is 1. The van der Waals surface area contributed by atoms with Crippen molar-refractivity contribution in [3.8, 4) is 11.8 Å². The first-order valence-electron chi connectivity index (χ1n) is 7.22. The van der Waals surface area contributed by atoms with Crippen LogP contribution in [0.5, 0.6) is 5.75 Å². The van der Waals surface area contributed by atoms with E-state index in [0.717, 1.165) is 18.9 Å². The zero-order valence-corrected chi connectivity index (χ0v) is 13.0. The smallest absolute Gasteiger partial charge is 0.312 e. The van der Waals surface area contributed by atoms with Gasteiger partial charge in [0.1, 0.15) is 5.54 Å². The van der Waals surface area contributed by atoms with Crippen molar-refractivity contribution in [1.82, 2.24) is 4.72 Å². The molecular weight excluding hydrogens is 322 g/mol. The van der Waals surface area contributed by atoms with E-state index in [1.165, 1.54) is 12.1 Å². The summed E-state index contributed by atoms with van der Waals surface area (Å²) < 4.78 is 32.3. The third-order valence-electron chi connectivity index (χ3n) is 3.90. The van der Waals surface area contributed by atoms with Crippen LogP contribution in [0.25, 0.3) is 0 Å². The van der Waals surface area contributed by atoms with Crippen molar-refractivity contribution >= 4 is 15.7 Å². The number of benzene rings is 1. The minimum atomic E-state index is -3.99. The molecule has 1 N–H and O–H groups in total. The molecule has 2 fully saturated rings. The quantitative estimate of drug-likeness (QED) is 0.597. The first-order chi connectivity index (χ1) is 10.9. The molecule has 2 saturated carbocycles. The minimum absolute atomic E-state index is 0.0577. The topological polar surface area (TPSA) is 122 Å². The van der Waals surface area contributed by atoms with Gasteiger partial charge in [-0.05, 0) is 43.7 Å². The van der Waals surface area contributed by atoms with E-state index in [4.69, 9.17) is 10.00 Å². The lowest BCUT2D eigenvalue weighted by molar-refractivity contribution is -0.386. The van der Waals surface area contributed by atoms with E-state index < -0.39 is 26.2 Å². The van der Waals surface area contributed by atoms with Crippen molar-refractivity contribution in [2.24, 2.45) is 5.92 Å². The predicted octanol–water partition coefficient (Wildman–Crippen LogP) is 1.72. The molecular formula is C14H15N3O5S. The maximum Gasteiger partial charge on any atom is 0.312 e. The van der Waals surface area contributed by atoms with Gasteiger partial charge < -0.3 is 4.74 Å². The fraction of sp³-hybridized carbons (Fsp3) is 0.500. The lowest BCUT2D eigenvalue weighted by Crippen LogP contribution is -2.35. The van der Waals surface area contributed by atoms with Crippen molar-refractivity contribution in [2.45, 2.75) is 36.1 Å². The molecule has 1 aromatic carbocycles. The van der Waals surface area contributed by atoms with Crippen LogP contribution in [0.4, 0.5) is 5.69 Å². The Morgan fingerprint density at radius 2 is 2.13 bits per heavy atom. The maximum absolute atomic E-state index is 12.3. The molecule has 8 nitrogen and oxygen atoms in total. The molecule has 0 bridgehead atoms. The highest BCUT2D eigenvalue weighted by Crippen LogP contribution is 2.37. The van der Waals surface area contributed by atoms with Gasteiger partial charge in [0.25, 0.3) is 0 Å². The fourth-order valence-electron chi connectivity index (χ4n) is 2.10. The van der Waals surface area contributed by atoms with E-state index in [1.807, 2.05) is 6.07 Å². The first-order valence-corrected chi connectivity index (χ1v) is 8.70.